The highest BCUT2D eigenvalue weighted by molar-refractivity contribution is 14.1. The fraction of sp³-hybridized carbons (Fsp3) is 0.286. The third kappa shape index (κ3) is 3.34. The summed E-state index contributed by atoms with van der Waals surface area (Å²) in [5, 5.41) is 13.7. The molecule has 0 radical (unpaired) electrons. The van der Waals surface area contributed by atoms with Gasteiger partial charge in [0.25, 0.3) is 0 Å². The fourth-order valence-electron chi connectivity index (χ4n) is 1.87. The summed E-state index contributed by atoms with van der Waals surface area (Å²) in [4.78, 5) is 11.3. The minimum Gasteiger partial charge on any atom is -0.478 e. The van der Waals surface area contributed by atoms with Crippen LogP contribution in [0.5, 0.6) is 0 Å². The van der Waals surface area contributed by atoms with Gasteiger partial charge in [-0.3, -0.25) is 4.68 Å². The summed E-state index contributed by atoms with van der Waals surface area (Å²) in [5.41, 5.74) is 1.62. The zero-order chi connectivity index (χ0) is 14.0. The third-order valence-electron chi connectivity index (χ3n) is 2.66. The molecule has 19 heavy (non-hydrogen) atoms. The molecule has 0 atom stereocenters. The standard InChI is InChI=1S/C14H15IN2O2/c1-9(2)7-17-8-12(14(18)19)13(16-17)10-3-5-11(15)6-4-10/h3-6,8-9H,7H2,1-2H3,(H,18,19). The Morgan fingerprint density at radius 1 is 1.37 bits per heavy atom. The van der Waals surface area contributed by atoms with E-state index < -0.39 is 5.97 Å². The largest absolute Gasteiger partial charge is 0.478 e. The van der Waals surface area contributed by atoms with Crippen LogP contribution < -0.4 is 0 Å². The first-order valence-electron chi connectivity index (χ1n) is 6.04. The second kappa shape index (κ2) is 5.73. The summed E-state index contributed by atoms with van der Waals surface area (Å²) < 4.78 is 2.82. The van der Waals surface area contributed by atoms with Crippen molar-refractivity contribution in [2.75, 3.05) is 0 Å². The van der Waals surface area contributed by atoms with Gasteiger partial charge in [-0.2, -0.15) is 5.10 Å². The number of halogens is 1. The summed E-state index contributed by atoms with van der Waals surface area (Å²) in [6.07, 6.45) is 1.61. The maximum Gasteiger partial charge on any atom is 0.339 e. The highest BCUT2D eigenvalue weighted by Crippen LogP contribution is 2.23. The van der Waals surface area contributed by atoms with Gasteiger partial charge in [0.2, 0.25) is 0 Å². The molecular formula is C14H15IN2O2. The number of rotatable bonds is 4. The van der Waals surface area contributed by atoms with E-state index in [4.69, 9.17) is 0 Å². The highest BCUT2D eigenvalue weighted by atomic mass is 127. The Kier molecular flexibility index (Phi) is 4.24. The molecule has 2 rings (SSSR count). The van der Waals surface area contributed by atoms with Crippen molar-refractivity contribution in [1.29, 1.82) is 0 Å². The molecule has 0 bridgehead atoms. The quantitative estimate of drug-likeness (QED) is 0.839. The Hall–Kier alpha value is -1.37. The molecule has 1 heterocycles. The van der Waals surface area contributed by atoms with Crippen molar-refractivity contribution in [3.8, 4) is 11.3 Å². The molecule has 1 aromatic heterocycles. The summed E-state index contributed by atoms with van der Waals surface area (Å²) in [5.74, 6) is -0.519. The van der Waals surface area contributed by atoms with Gasteiger partial charge in [0.15, 0.2) is 0 Å². The lowest BCUT2D eigenvalue weighted by Gasteiger charge is -2.03. The van der Waals surface area contributed by atoms with Crippen LogP contribution in [-0.4, -0.2) is 20.9 Å². The van der Waals surface area contributed by atoms with Gasteiger partial charge in [-0.1, -0.05) is 26.0 Å². The molecule has 4 nitrogen and oxygen atoms in total. The predicted octanol–water partition coefficient (Wildman–Crippen LogP) is 3.51. The van der Waals surface area contributed by atoms with Crippen molar-refractivity contribution in [3.05, 3.63) is 39.6 Å². The van der Waals surface area contributed by atoms with Crippen molar-refractivity contribution in [3.63, 3.8) is 0 Å². The first-order chi connectivity index (χ1) is 8.97. The molecule has 0 fully saturated rings. The molecule has 0 amide bonds. The number of nitrogens with zero attached hydrogens (tertiary/aromatic N) is 2. The van der Waals surface area contributed by atoms with Gasteiger partial charge in [0.1, 0.15) is 11.3 Å². The minimum atomic E-state index is -0.941. The molecule has 100 valence electrons. The fourth-order valence-corrected chi connectivity index (χ4v) is 2.23. The smallest absolute Gasteiger partial charge is 0.339 e. The second-order valence-corrected chi connectivity index (χ2v) is 6.06. The van der Waals surface area contributed by atoms with Crippen molar-refractivity contribution < 1.29 is 9.90 Å². The van der Waals surface area contributed by atoms with Crippen LogP contribution in [-0.2, 0) is 6.54 Å². The monoisotopic (exact) mass is 370 g/mol. The van der Waals surface area contributed by atoms with Gasteiger partial charge in [-0.05, 0) is 40.6 Å². The molecule has 1 aromatic carbocycles. The van der Waals surface area contributed by atoms with E-state index in [1.807, 2.05) is 24.3 Å². The van der Waals surface area contributed by atoms with Crippen molar-refractivity contribution >= 4 is 28.6 Å². The van der Waals surface area contributed by atoms with Crippen LogP contribution >= 0.6 is 22.6 Å². The van der Waals surface area contributed by atoms with Crippen LogP contribution in [0.1, 0.15) is 24.2 Å². The zero-order valence-corrected chi connectivity index (χ0v) is 13.0. The molecule has 0 saturated heterocycles. The van der Waals surface area contributed by atoms with Crippen LogP contribution in [0.15, 0.2) is 30.5 Å². The number of aromatic nitrogens is 2. The van der Waals surface area contributed by atoms with E-state index in [0.717, 1.165) is 9.13 Å². The van der Waals surface area contributed by atoms with Crippen molar-refractivity contribution in [2.24, 2.45) is 5.92 Å². The summed E-state index contributed by atoms with van der Waals surface area (Å²) >= 11 is 2.22. The third-order valence-corrected chi connectivity index (χ3v) is 3.38. The van der Waals surface area contributed by atoms with Gasteiger partial charge in [-0.15, -0.1) is 0 Å². The molecule has 1 N–H and O–H groups in total. The minimum absolute atomic E-state index is 0.252. The average Bonchev–Trinajstić information content (AvgIpc) is 2.73. The molecule has 5 heteroatoms. The highest BCUT2D eigenvalue weighted by Gasteiger charge is 2.17. The lowest BCUT2D eigenvalue weighted by Crippen LogP contribution is -2.04. The van der Waals surface area contributed by atoms with E-state index in [0.29, 0.717) is 18.2 Å². The van der Waals surface area contributed by atoms with Crippen molar-refractivity contribution in [2.45, 2.75) is 20.4 Å². The van der Waals surface area contributed by atoms with Crippen LogP contribution in [0.4, 0.5) is 0 Å². The van der Waals surface area contributed by atoms with Gasteiger partial charge in [0.05, 0.1) is 0 Å². The van der Waals surface area contributed by atoms with Crippen LogP contribution in [0, 0.1) is 9.49 Å². The van der Waals surface area contributed by atoms with Crippen LogP contribution in [0.25, 0.3) is 11.3 Å². The summed E-state index contributed by atoms with van der Waals surface area (Å²) in [7, 11) is 0. The van der Waals surface area contributed by atoms with E-state index in [-0.39, 0.29) is 5.56 Å². The van der Waals surface area contributed by atoms with E-state index in [1.54, 1.807) is 10.9 Å². The Morgan fingerprint density at radius 2 is 2.00 bits per heavy atom. The van der Waals surface area contributed by atoms with E-state index in [2.05, 4.69) is 41.5 Å². The van der Waals surface area contributed by atoms with Gasteiger partial charge < -0.3 is 5.11 Å². The predicted molar refractivity (Wildman–Crippen MR) is 82.2 cm³/mol. The maximum atomic E-state index is 11.3. The topological polar surface area (TPSA) is 55.1 Å². The van der Waals surface area contributed by atoms with Crippen LogP contribution in [0.2, 0.25) is 0 Å². The number of hydrogen-bond donors (Lipinski definition) is 1. The first-order valence-corrected chi connectivity index (χ1v) is 7.12. The number of carbonyl (C=O) groups is 1. The molecule has 0 aliphatic heterocycles. The number of benzene rings is 1. The normalized spacial score (nSPS) is 10.9. The van der Waals surface area contributed by atoms with Gasteiger partial charge in [-0.25, -0.2) is 4.79 Å². The van der Waals surface area contributed by atoms with Gasteiger partial charge >= 0.3 is 5.97 Å². The maximum absolute atomic E-state index is 11.3. The SMILES string of the molecule is CC(C)Cn1cc(C(=O)O)c(-c2ccc(I)cc2)n1. The number of carboxylic acids is 1. The summed E-state index contributed by atoms with van der Waals surface area (Å²) in [6.45, 7) is 4.87. The van der Waals surface area contributed by atoms with E-state index >= 15 is 0 Å². The molecular weight excluding hydrogens is 355 g/mol. The molecule has 0 saturated carbocycles. The summed E-state index contributed by atoms with van der Waals surface area (Å²) in [6, 6.07) is 7.69. The van der Waals surface area contributed by atoms with Crippen molar-refractivity contribution in [1.82, 2.24) is 9.78 Å². The second-order valence-electron chi connectivity index (χ2n) is 4.82. The van der Waals surface area contributed by atoms with E-state index in [1.165, 1.54) is 0 Å². The Bertz CT molecular complexity index is 588. The Morgan fingerprint density at radius 3 is 2.53 bits per heavy atom. The first kappa shape index (κ1) is 14.0. The number of hydrogen-bond acceptors (Lipinski definition) is 2. The van der Waals surface area contributed by atoms with E-state index in [9.17, 15) is 9.90 Å². The molecule has 0 aliphatic rings. The number of carboxylic acid groups (broad SMARTS) is 1. The van der Waals surface area contributed by atoms with Gasteiger partial charge in [0, 0.05) is 21.9 Å². The molecule has 0 unspecified atom stereocenters. The lowest BCUT2D eigenvalue weighted by molar-refractivity contribution is 0.0697. The Labute approximate surface area is 125 Å². The van der Waals surface area contributed by atoms with Crippen LogP contribution in [0.3, 0.4) is 0 Å². The Balaban J connectivity index is 2.45. The average molecular weight is 370 g/mol. The molecule has 0 aliphatic carbocycles. The molecule has 2 aromatic rings. The zero-order valence-electron chi connectivity index (χ0n) is 10.8. The lowest BCUT2D eigenvalue weighted by atomic mass is 10.1. The number of aromatic carboxylic acids is 1. The molecule has 0 spiro atoms.